The van der Waals surface area contributed by atoms with E-state index >= 15 is 0 Å². The fourth-order valence-electron chi connectivity index (χ4n) is 2.49. The number of Topliss-reactive ketones (excluding diaryl/α,β-unsaturated/α-hetero) is 1. The van der Waals surface area contributed by atoms with Gasteiger partial charge in [-0.05, 0) is 30.9 Å². The standard InChI is InChI=1S/C16H20N2O3S/c1-9-14(10(2)18-15(9)11(3)19)16(20)17-8-12(21-4)13-6-5-7-22-13/h5-7,12,18H,8H2,1-4H3,(H,17,20). The number of ketones is 1. The summed E-state index contributed by atoms with van der Waals surface area (Å²) in [6.45, 7) is 5.44. The number of aromatic nitrogens is 1. The number of nitrogens with one attached hydrogen (secondary N) is 2. The van der Waals surface area contributed by atoms with Gasteiger partial charge in [-0.2, -0.15) is 0 Å². The van der Waals surface area contributed by atoms with Gasteiger partial charge in [0.05, 0.1) is 11.3 Å². The maximum atomic E-state index is 12.4. The van der Waals surface area contributed by atoms with Gasteiger partial charge < -0.3 is 15.0 Å². The number of hydrogen-bond acceptors (Lipinski definition) is 4. The molecular weight excluding hydrogens is 300 g/mol. The summed E-state index contributed by atoms with van der Waals surface area (Å²) in [4.78, 5) is 28.0. The molecule has 0 aliphatic heterocycles. The highest BCUT2D eigenvalue weighted by molar-refractivity contribution is 7.10. The van der Waals surface area contributed by atoms with Gasteiger partial charge in [0.15, 0.2) is 5.78 Å². The molecule has 0 aliphatic carbocycles. The molecule has 1 atom stereocenters. The van der Waals surface area contributed by atoms with Crippen LogP contribution in [-0.4, -0.2) is 30.3 Å². The molecule has 0 fully saturated rings. The second-order valence-corrected chi connectivity index (χ2v) is 6.11. The Hall–Kier alpha value is -1.92. The third kappa shape index (κ3) is 3.28. The number of rotatable bonds is 6. The van der Waals surface area contributed by atoms with Crippen molar-refractivity contribution < 1.29 is 14.3 Å². The molecule has 118 valence electrons. The number of aryl methyl sites for hydroxylation is 1. The molecule has 0 bridgehead atoms. The number of carbonyl (C=O) groups is 2. The van der Waals surface area contributed by atoms with Crippen LogP contribution in [0, 0.1) is 13.8 Å². The van der Waals surface area contributed by atoms with Crippen LogP contribution in [0.25, 0.3) is 0 Å². The van der Waals surface area contributed by atoms with Crippen LogP contribution in [0.1, 0.15) is 50.0 Å². The second-order valence-electron chi connectivity index (χ2n) is 5.13. The van der Waals surface area contributed by atoms with Crippen LogP contribution in [0.5, 0.6) is 0 Å². The summed E-state index contributed by atoms with van der Waals surface area (Å²) < 4.78 is 5.42. The Kier molecular flexibility index (Phi) is 5.15. The minimum absolute atomic E-state index is 0.0759. The highest BCUT2D eigenvalue weighted by atomic mass is 32.1. The molecule has 0 spiro atoms. The SMILES string of the molecule is COC(CNC(=O)c1c(C)[nH]c(C(C)=O)c1C)c1cccs1. The predicted octanol–water partition coefficient (Wildman–Crippen LogP) is 3.01. The van der Waals surface area contributed by atoms with E-state index < -0.39 is 0 Å². The van der Waals surface area contributed by atoms with Crippen molar-refractivity contribution in [3.05, 3.63) is 44.9 Å². The van der Waals surface area contributed by atoms with E-state index in [1.54, 1.807) is 32.3 Å². The zero-order chi connectivity index (χ0) is 16.3. The van der Waals surface area contributed by atoms with Crippen LogP contribution in [0.3, 0.4) is 0 Å². The second kappa shape index (κ2) is 6.89. The molecule has 0 aromatic carbocycles. The van der Waals surface area contributed by atoms with Crippen molar-refractivity contribution in [2.24, 2.45) is 0 Å². The first-order chi connectivity index (χ1) is 10.5. The Morgan fingerprint density at radius 2 is 2.14 bits per heavy atom. The molecule has 2 aromatic heterocycles. The molecule has 22 heavy (non-hydrogen) atoms. The van der Waals surface area contributed by atoms with Crippen molar-refractivity contribution in [1.29, 1.82) is 0 Å². The molecule has 0 saturated heterocycles. The first kappa shape index (κ1) is 16.5. The van der Waals surface area contributed by atoms with Crippen LogP contribution < -0.4 is 5.32 Å². The Morgan fingerprint density at radius 3 is 2.64 bits per heavy atom. The van der Waals surface area contributed by atoms with E-state index in [1.165, 1.54) is 6.92 Å². The van der Waals surface area contributed by atoms with Gasteiger partial charge in [-0.25, -0.2) is 0 Å². The molecule has 2 aromatic rings. The molecule has 2 N–H and O–H groups in total. The number of H-pyrrole nitrogens is 1. The van der Waals surface area contributed by atoms with Crippen LogP contribution >= 0.6 is 11.3 Å². The normalized spacial score (nSPS) is 12.2. The van der Waals surface area contributed by atoms with Crippen molar-refractivity contribution in [3.63, 3.8) is 0 Å². The predicted molar refractivity (Wildman–Crippen MR) is 86.7 cm³/mol. The summed E-state index contributed by atoms with van der Waals surface area (Å²) in [5.41, 5.74) is 2.41. The van der Waals surface area contributed by atoms with Gasteiger partial charge in [-0.1, -0.05) is 6.07 Å². The van der Waals surface area contributed by atoms with Gasteiger partial charge in [0.1, 0.15) is 6.10 Å². The number of thiophene rings is 1. The van der Waals surface area contributed by atoms with Gasteiger partial charge in [0.2, 0.25) is 0 Å². The van der Waals surface area contributed by atoms with Crippen LogP contribution in [-0.2, 0) is 4.74 Å². The summed E-state index contributed by atoms with van der Waals surface area (Å²) >= 11 is 1.59. The number of amides is 1. The van der Waals surface area contributed by atoms with Gasteiger partial charge in [-0.15, -0.1) is 11.3 Å². The van der Waals surface area contributed by atoms with Crippen molar-refractivity contribution in [2.45, 2.75) is 26.9 Å². The molecule has 0 saturated carbocycles. The van der Waals surface area contributed by atoms with E-state index in [1.807, 2.05) is 17.5 Å². The summed E-state index contributed by atoms with van der Waals surface area (Å²) in [6.07, 6.45) is -0.171. The maximum absolute atomic E-state index is 12.4. The fourth-order valence-corrected chi connectivity index (χ4v) is 3.29. The summed E-state index contributed by atoms with van der Waals surface area (Å²) in [6, 6.07) is 3.93. The van der Waals surface area contributed by atoms with E-state index in [0.29, 0.717) is 29.1 Å². The molecule has 5 nitrogen and oxygen atoms in total. The van der Waals surface area contributed by atoms with Crippen molar-refractivity contribution in [1.82, 2.24) is 10.3 Å². The van der Waals surface area contributed by atoms with E-state index in [4.69, 9.17) is 4.74 Å². The third-order valence-electron chi connectivity index (χ3n) is 3.61. The molecule has 6 heteroatoms. The Labute approximate surface area is 133 Å². The fraction of sp³-hybridized carbons (Fsp3) is 0.375. The van der Waals surface area contributed by atoms with E-state index in [-0.39, 0.29) is 17.8 Å². The van der Waals surface area contributed by atoms with E-state index in [9.17, 15) is 9.59 Å². The Balaban J connectivity index is 2.11. The average Bonchev–Trinajstić information content (AvgIpc) is 3.08. The van der Waals surface area contributed by atoms with Gasteiger partial charge in [0, 0.05) is 31.1 Å². The maximum Gasteiger partial charge on any atom is 0.253 e. The lowest BCUT2D eigenvalue weighted by Gasteiger charge is -2.14. The average molecular weight is 320 g/mol. The van der Waals surface area contributed by atoms with Crippen LogP contribution in [0.2, 0.25) is 0 Å². The molecule has 2 heterocycles. The van der Waals surface area contributed by atoms with Crippen molar-refractivity contribution in [3.8, 4) is 0 Å². The number of carbonyl (C=O) groups excluding carboxylic acids is 2. The summed E-state index contributed by atoms with van der Waals surface area (Å²) in [5, 5.41) is 4.86. The lowest BCUT2D eigenvalue weighted by atomic mass is 10.1. The quantitative estimate of drug-likeness (QED) is 0.804. The highest BCUT2D eigenvalue weighted by Gasteiger charge is 2.21. The first-order valence-electron chi connectivity index (χ1n) is 7.00. The topological polar surface area (TPSA) is 71.2 Å². The minimum Gasteiger partial charge on any atom is -0.374 e. The lowest BCUT2D eigenvalue weighted by Crippen LogP contribution is -2.29. The van der Waals surface area contributed by atoms with Crippen LogP contribution in [0.4, 0.5) is 0 Å². The molecule has 0 aliphatic rings. The van der Waals surface area contributed by atoms with Crippen molar-refractivity contribution in [2.75, 3.05) is 13.7 Å². The molecule has 0 radical (unpaired) electrons. The zero-order valence-electron chi connectivity index (χ0n) is 13.1. The smallest absolute Gasteiger partial charge is 0.253 e. The monoisotopic (exact) mass is 320 g/mol. The Bertz CT molecular complexity index is 674. The number of hydrogen-bond donors (Lipinski definition) is 2. The molecule has 1 unspecified atom stereocenters. The molecular formula is C16H20N2O3S. The van der Waals surface area contributed by atoms with Crippen molar-refractivity contribution >= 4 is 23.0 Å². The third-order valence-corrected chi connectivity index (χ3v) is 4.57. The lowest BCUT2D eigenvalue weighted by molar-refractivity contribution is 0.0837. The van der Waals surface area contributed by atoms with Gasteiger partial charge in [-0.3, -0.25) is 9.59 Å². The molecule has 2 rings (SSSR count). The minimum atomic E-state index is -0.197. The van der Waals surface area contributed by atoms with Gasteiger partial charge in [0.25, 0.3) is 5.91 Å². The first-order valence-corrected chi connectivity index (χ1v) is 7.88. The molecule has 1 amide bonds. The van der Waals surface area contributed by atoms with Gasteiger partial charge >= 0.3 is 0 Å². The zero-order valence-corrected chi connectivity index (χ0v) is 14.0. The number of methoxy groups -OCH3 is 1. The number of aromatic amines is 1. The summed E-state index contributed by atoms with van der Waals surface area (Å²) in [5.74, 6) is -0.273. The largest absolute Gasteiger partial charge is 0.374 e. The van der Waals surface area contributed by atoms with Crippen LogP contribution in [0.15, 0.2) is 17.5 Å². The highest BCUT2D eigenvalue weighted by Crippen LogP contribution is 2.22. The summed E-state index contributed by atoms with van der Waals surface area (Å²) in [7, 11) is 1.62. The van der Waals surface area contributed by atoms with E-state index in [0.717, 1.165) is 4.88 Å². The Morgan fingerprint density at radius 1 is 1.41 bits per heavy atom. The van der Waals surface area contributed by atoms with E-state index in [2.05, 4.69) is 10.3 Å². The number of ether oxygens (including phenoxy) is 1.